The van der Waals surface area contributed by atoms with Crippen LogP contribution in [0.2, 0.25) is 0 Å². The van der Waals surface area contributed by atoms with Gasteiger partial charge in [0.05, 0.1) is 11.0 Å². The van der Waals surface area contributed by atoms with Crippen molar-refractivity contribution in [2.45, 2.75) is 70.9 Å². The summed E-state index contributed by atoms with van der Waals surface area (Å²) in [6.07, 6.45) is 1.90. The smallest absolute Gasteiger partial charge is 0.212 e. The zero-order valence-corrected chi connectivity index (χ0v) is 15.2. The molecule has 0 radical (unpaired) electrons. The zero-order chi connectivity index (χ0) is 18.1. The third-order valence-electron chi connectivity index (χ3n) is 6.55. The highest BCUT2D eigenvalue weighted by Gasteiger charge is 2.68. The summed E-state index contributed by atoms with van der Waals surface area (Å²) in [5.41, 5.74) is 0.987. The number of phenols is 1. The summed E-state index contributed by atoms with van der Waals surface area (Å²) >= 11 is 0. The number of ether oxygens (including phenoxy) is 2. The summed E-state index contributed by atoms with van der Waals surface area (Å²) in [5, 5.41) is 21.3. The Balaban J connectivity index is 2.00. The van der Waals surface area contributed by atoms with Gasteiger partial charge in [-0.3, -0.25) is 4.79 Å². The van der Waals surface area contributed by atoms with Crippen LogP contribution in [0.3, 0.4) is 0 Å². The second-order valence-electron chi connectivity index (χ2n) is 8.71. The molecule has 2 aliphatic heterocycles. The monoisotopic (exact) mass is 346 g/mol. The summed E-state index contributed by atoms with van der Waals surface area (Å²) in [6.45, 7) is 8.21. The highest BCUT2D eigenvalue weighted by atomic mass is 16.7. The van der Waals surface area contributed by atoms with Crippen molar-refractivity contribution in [1.29, 1.82) is 0 Å². The Hall–Kier alpha value is -1.59. The van der Waals surface area contributed by atoms with E-state index in [4.69, 9.17) is 9.47 Å². The van der Waals surface area contributed by atoms with Crippen molar-refractivity contribution in [3.05, 3.63) is 22.8 Å². The van der Waals surface area contributed by atoms with Gasteiger partial charge < -0.3 is 19.7 Å². The highest BCUT2D eigenvalue weighted by molar-refractivity contribution is 5.86. The molecule has 2 N–H and O–H groups in total. The van der Waals surface area contributed by atoms with E-state index < -0.39 is 18.0 Å². The Morgan fingerprint density at radius 2 is 2.04 bits per heavy atom. The van der Waals surface area contributed by atoms with Crippen molar-refractivity contribution in [2.24, 2.45) is 11.3 Å². The number of aliphatic hydroxyl groups excluding tert-OH is 1. The van der Waals surface area contributed by atoms with Crippen LogP contribution in [0.4, 0.5) is 0 Å². The lowest BCUT2D eigenvalue weighted by molar-refractivity contribution is -0.165. The van der Waals surface area contributed by atoms with Crippen molar-refractivity contribution in [2.75, 3.05) is 0 Å². The second kappa shape index (κ2) is 5.21. The van der Waals surface area contributed by atoms with Gasteiger partial charge in [-0.1, -0.05) is 34.1 Å². The Labute approximate surface area is 148 Å². The van der Waals surface area contributed by atoms with E-state index in [0.29, 0.717) is 16.9 Å². The average Bonchev–Trinajstić information content (AvgIpc) is 2.95. The number of aliphatic hydroxyl groups is 1. The molecule has 1 aliphatic carbocycles. The van der Waals surface area contributed by atoms with Gasteiger partial charge in [0.1, 0.15) is 11.5 Å². The maximum Gasteiger partial charge on any atom is 0.212 e. The van der Waals surface area contributed by atoms with Crippen LogP contribution in [0.25, 0.3) is 0 Å². The van der Waals surface area contributed by atoms with Gasteiger partial charge >= 0.3 is 0 Å². The molecular formula is C20H26O5. The minimum atomic E-state index is -0.931. The molecule has 1 spiro atoms. The van der Waals surface area contributed by atoms with E-state index >= 15 is 0 Å². The Morgan fingerprint density at radius 3 is 2.68 bits per heavy atom. The molecule has 0 aromatic heterocycles. The zero-order valence-electron chi connectivity index (χ0n) is 15.2. The lowest BCUT2D eigenvalue weighted by Crippen LogP contribution is -2.50. The lowest BCUT2D eigenvalue weighted by atomic mass is 9.54. The van der Waals surface area contributed by atoms with E-state index in [2.05, 4.69) is 13.8 Å². The van der Waals surface area contributed by atoms with Crippen LogP contribution in [0.5, 0.6) is 11.5 Å². The number of aromatic hydroxyl groups is 1. The first kappa shape index (κ1) is 16.9. The van der Waals surface area contributed by atoms with Crippen LogP contribution < -0.4 is 4.74 Å². The van der Waals surface area contributed by atoms with Crippen molar-refractivity contribution in [1.82, 2.24) is 0 Å². The van der Waals surface area contributed by atoms with Gasteiger partial charge in [0.2, 0.25) is 6.29 Å². The van der Waals surface area contributed by atoms with Crippen molar-refractivity contribution in [3.8, 4) is 11.5 Å². The molecule has 4 atom stereocenters. The number of phenolic OH excluding ortho intramolecular Hbond substituents is 1. The Kier molecular flexibility index (Phi) is 3.51. The molecule has 25 heavy (non-hydrogen) atoms. The van der Waals surface area contributed by atoms with Gasteiger partial charge in [0, 0.05) is 17.0 Å². The van der Waals surface area contributed by atoms with E-state index in [1.807, 2.05) is 19.9 Å². The van der Waals surface area contributed by atoms with Gasteiger partial charge in [-0.25, -0.2) is 0 Å². The highest BCUT2D eigenvalue weighted by Crippen LogP contribution is 2.65. The third kappa shape index (κ3) is 1.99. The maximum absolute atomic E-state index is 11.9. The molecule has 136 valence electrons. The number of hydrogen-bond acceptors (Lipinski definition) is 5. The number of rotatable bonds is 2. The van der Waals surface area contributed by atoms with Gasteiger partial charge in [-0.15, -0.1) is 0 Å². The maximum atomic E-state index is 11.9. The fraction of sp³-hybridized carbons (Fsp3) is 0.650. The molecule has 1 aromatic rings. The van der Waals surface area contributed by atoms with Crippen LogP contribution in [0, 0.1) is 11.3 Å². The standard InChI is InChI=1S/C20H26O5/c1-10(2)11-8-13-14(12(9-21)15(11)22)20-7-5-6-19(3,4)16(20)17(23)25-18(20)24-13/h8-10,16-18,22-23H,5-7H2,1-4H3/t16-,17+,18+,20-/m0/s1. The van der Waals surface area contributed by atoms with Crippen LogP contribution in [-0.4, -0.2) is 29.1 Å². The fourth-order valence-electron chi connectivity index (χ4n) is 5.54. The first-order valence-corrected chi connectivity index (χ1v) is 9.09. The molecule has 5 nitrogen and oxygen atoms in total. The molecule has 5 heteroatoms. The van der Waals surface area contributed by atoms with Crippen molar-refractivity contribution >= 4 is 6.29 Å². The normalized spacial score (nSPS) is 35.0. The quantitative estimate of drug-likeness (QED) is 0.802. The molecule has 0 bridgehead atoms. The van der Waals surface area contributed by atoms with Gasteiger partial charge in [0.15, 0.2) is 12.6 Å². The molecule has 1 saturated carbocycles. The molecule has 4 rings (SSSR count). The molecular weight excluding hydrogens is 320 g/mol. The molecule has 3 aliphatic rings. The van der Waals surface area contributed by atoms with Crippen molar-refractivity contribution in [3.63, 3.8) is 0 Å². The van der Waals surface area contributed by atoms with Crippen LogP contribution in [0.1, 0.15) is 74.4 Å². The molecule has 1 saturated heterocycles. The second-order valence-corrected chi connectivity index (χ2v) is 8.71. The molecule has 0 unspecified atom stereocenters. The minimum absolute atomic E-state index is 0.0332. The number of carbonyl (C=O) groups excluding carboxylic acids is 1. The SMILES string of the molecule is CC(C)c1cc2c(c(C=O)c1O)[C@@]13CCCC(C)(C)[C@@H]1[C@H](O)O[C@H]3O2. The van der Waals surface area contributed by atoms with Crippen LogP contribution in [-0.2, 0) is 10.2 Å². The van der Waals surface area contributed by atoms with E-state index in [1.54, 1.807) is 0 Å². The van der Waals surface area contributed by atoms with E-state index in [0.717, 1.165) is 31.1 Å². The molecule has 1 aromatic carbocycles. The van der Waals surface area contributed by atoms with Gasteiger partial charge in [0.25, 0.3) is 0 Å². The van der Waals surface area contributed by atoms with Crippen LogP contribution >= 0.6 is 0 Å². The summed E-state index contributed by atoms with van der Waals surface area (Å²) in [6, 6.07) is 1.84. The Morgan fingerprint density at radius 1 is 1.32 bits per heavy atom. The number of hydrogen-bond donors (Lipinski definition) is 2. The third-order valence-corrected chi connectivity index (χ3v) is 6.55. The van der Waals surface area contributed by atoms with E-state index in [1.165, 1.54) is 0 Å². The first-order chi connectivity index (χ1) is 11.7. The molecule has 0 amide bonds. The summed E-state index contributed by atoms with van der Waals surface area (Å²) in [4.78, 5) is 11.9. The molecule has 2 fully saturated rings. The lowest BCUT2D eigenvalue weighted by Gasteiger charge is -2.47. The number of carbonyl (C=O) groups is 1. The van der Waals surface area contributed by atoms with Gasteiger partial charge in [-0.2, -0.15) is 0 Å². The number of aldehydes is 1. The average molecular weight is 346 g/mol. The van der Waals surface area contributed by atoms with Crippen molar-refractivity contribution < 1.29 is 24.5 Å². The van der Waals surface area contributed by atoms with Crippen LogP contribution in [0.15, 0.2) is 6.07 Å². The molecule has 2 heterocycles. The summed E-state index contributed by atoms with van der Waals surface area (Å²) in [5.74, 6) is 0.535. The fourth-order valence-corrected chi connectivity index (χ4v) is 5.54. The van der Waals surface area contributed by atoms with Gasteiger partial charge in [-0.05, 0) is 30.2 Å². The first-order valence-electron chi connectivity index (χ1n) is 9.09. The largest absolute Gasteiger partial charge is 0.507 e. The summed E-state index contributed by atoms with van der Waals surface area (Å²) in [7, 11) is 0. The summed E-state index contributed by atoms with van der Waals surface area (Å²) < 4.78 is 11.9. The number of fused-ring (bicyclic) bond motifs is 1. The topological polar surface area (TPSA) is 76.0 Å². The predicted molar refractivity (Wildman–Crippen MR) is 91.9 cm³/mol. The Bertz CT molecular complexity index is 738. The number of benzene rings is 1. The predicted octanol–water partition coefficient (Wildman–Crippen LogP) is 3.46. The van der Waals surface area contributed by atoms with E-state index in [9.17, 15) is 15.0 Å². The minimum Gasteiger partial charge on any atom is -0.507 e. The van der Waals surface area contributed by atoms with E-state index in [-0.39, 0.29) is 23.0 Å².